The van der Waals surface area contributed by atoms with Crippen LogP contribution in [0.3, 0.4) is 0 Å². The molecule has 0 saturated carbocycles. The van der Waals surface area contributed by atoms with Crippen molar-refractivity contribution in [3.8, 4) is 11.5 Å². The van der Waals surface area contributed by atoms with E-state index in [1.807, 2.05) is 31.2 Å². The summed E-state index contributed by atoms with van der Waals surface area (Å²) < 4.78 is 15.6. The second-order valence-electron chi connectivity index (χ2n) is 6.71. The number of hydrogen-bond donors (Lipinski definition) is 1. The highest BCUT2D eigenvalue weighted by atomic mass is 16.6. The lowest BCUT2D eigenvalue weighted by molar-refractivity contribution is -0.145. The van der Waals surface area contributed by atoms with Crippen LogP contribution in [0.4, 0.5) is 4.79 Å². The summed E-state index contributed by atoms with van der Waals surface area (Å²) in [7, 11) is 0. The highest BCUT2D eigenvalue weighted by Crippen LogP contribution is 2.19. The van der Waals surface area contributed by atoms with E-state index in [2.05, 4.69) is 15.5 Å². The fourth-order valence-corrected chi connectivity index (χ4v) is 2.00. The van der Waals surface area contributed by atoms with Gasteiger partial charge in [0, 0.05) is 12.1 Å². The van der Waals surface area contributed by atoms with Crippen molar-refractivity contribution in [2.24, 2.45) is 0 Å². The Bertz CT molecular complexity index is 764. The van der Waals surface area contributed by atoms with Crippen molar-refractivity contribution in [1.82, 2.24) is 15.5 Å². The normalized spacial score (nSPS) is 11.1. The predicted molar refractivity (Wildman–Crippen MR) is 93.1 cm³/mol. The van der Waals surface area contributed by atoms with E-state index in [9.17, 15) is 9.59 Å². The summed E-state index contributed by atoms with van der Waals surface area (Å²) in [5.74, 6) is 0.0812. The Hall–Kier alpha value is -2.90. The number of carbonyl (C=O) groups is 2. The second-order valence-corrected chi connectivity index (χ2v) is 6.71. The minimum atomic E-state index is -0.586. The van der Waals surface area contributed by atoms with Gasteiger partial charge in [0.05, 0.1) is 6.42 Å². The van der Waals surface area contributed by atoms with E-state index in [0.717, 1.165) is 11.1 Å². The monoisotopic (exact) mass is 361 g/mol. The molecule has 8 nitrogen and oxygen atoms in total. The summed E-state index contributed by atoms with van der Waals surface area (Å²) in [6.45, 7) is 7.24. The van der Waals surface area contributed by atoms with Gasteiger partial charge in [0.2, 0.25) is 5.89 Å². The topological polar surface area (TPSA) is 104 Å². The summed E-state index contributed by atoms with van der Waals surface area (Å²) in [6.07, 6.45) is -0.567. The minimum absolute atomic E-state index is 0.0120. The molecule has 26 heavy (non-hydrogen) atoms. The van der Waals surface area contributed by atoms with Crippen LogP contribution in [-0.4, -0.2) is 34.4 Å². The molecule has 0 spiro atoms. The van der Waals surface area contributed by atoms with E-state index < -0.39 is 17.7 Å². The third-order valence-corrected chi connectivity index (χ3v) is 3.09. The van der Waals surface area contributed by atoms with E-state index >= 15 is 0 Å². The minimum Gasteiger partial charge on any atom is -0.456 e. The first-order valence-corrected chi connectivity index (χ1v) is 8.25. The number of aromatic nitrogens is 2. The van der Waals surface area contributed by atoms with Crippen LogP contribution in [-0.2, 0) is 20.9 Å². The molecule has 0 fully saturated rings. The van der Waals surface area contributed by atoms with Gasteiger partial charge in [0.1, 0.15) is 5.60 Å². The number of benzene rings is 1. The standard InChI is InChI=1S/C18H23N3O5/c1-12-6-5-7-13(10-12)16-21-20-14(25-16)11-24-15(22)8-9-19-17(23)26-18(2,3)4/h5-7,10H,8-9,11H2,1-4H3,(H,19,23). The predicted octanol–water partition coefficient (Wildman–Crippen LogP) is 3.00. The number of carbonyl (C=O) groups excluding carboxylic acids is 2. The quantitative estimate of drug-likeness (QED) is 0.789. The maximum atomic E-state index is 11.7. The van der Waals surface area contributed by atoms with Crippen molar-refractivity contribution < 1.29 is 23.5 Å². The summed E-state index contributed by atoms with van der Waals surface area (Å²) >= 11 is 0. The first-order valence-electron chi connectivity index (χ1n) is 8.25. The highest BCUT2D eigenvalue weighted by Gasteiger charge is 2.16. The van der Waals surface area contributed by atoms with Crippen molar-refractivity contribution in [2.45, 2.75) is 46.3 Å². The van der Waals surface area contributed by atoms with Crippen LogP contribution in [0.2, 0.25) is 0 Å². The van der Waals surface area contributed by atoms with Crippen LogP contribution in [0.25, 0.3) is 11.5 Å². The highest BCUT2D eigenvalue weighted by molar-refractivity contribution is 5.71. The lowest BCUT2D eigenvalue weighted by atomic mass is 10.1. The number of nitrogens with zero attached hydrogens (tertiary/aromatic N) is 2. The lowest BCUT2D eigenvalue weighted by Gasteiger charge is -2.19. The fourth-order valence-electron chi connectivity index (χ4n) is 2.00. The number of alkyl carbamates (subject to hydrolysis) is 1. The fraction of sp³-hybridized carbons (Fsp3) is 0.444. The molecule has 0 bridgehead atoms. The molecule has 0 aliphatic heterocycles. The Balaban J connectivity index is 1.74. The van der Waals surface area contributed by atoms with Gasteiger partial charge in [0.25, 0.3) is 5.89 Å². The number of hydrogen-bond acceptors (Lipinski definition) is 7. The lowest BCUT2D eigenvalue weighted by Crippen LogP contribution is -2.33. The Morgan fingerprint density at radius 1 is 1.23 bits per heavy atom. The molecule has 1 amide bonds. The first-order chi connectivity index (χ1) is 12.2. The van der Waals surface area contributed by atoms with Crippen molar-refractivity contribution in [2.75, 3.05) is 6.54 Å². The van der Waals surface area contributed by atoms with Crippen molar-refractivity contribution in [3.05, 3.63) is 35.7 Å². The number of esters is 1. The van der Waals surface area contributed by atoms with Crippen LogP contribution >= 0.6 is 0 Å². The van der Waals surface area contributed by atoms with E-state index in [0.29, 0.717) is 5.89 Å². The smallest absolute Gasteiger partial charge is 0.407 e. The van der Waals surface area contributed by atoms with Gasteiger partial charge >= 0.3 is 12.1 Å². The Labute approximate surface area is 151 Å². The van der Waals surface area contributed by atoms with Crippen LogP contribution in [0.1, 0.15) is 38.6 Å². The number of rotatable bonds is 6. The zero-order chi connectivity index (χ0) is 19.2. The molecular formula is C18H23N3O5. The maximum Gasteiger partial charge on any atom is 0.407 e. The largest absolute Gasteiger partial charge is 0.456 e. The average Bonchev–Trinajstić information content (AvgIpc) is 3.00. The number of nitrogens with one attached hydrogen (secondary N) is 1. The van der Waals surface area contributed by atoms with Gasteiger partial charge in [-0.3, -0.25) is 4.79 Å². The molecule has 1 aromatic heterocycles. The number of amides is 1. The van der Waals surface area contributed by atoms with Crippen LogP contribution in [0, 0.1) is 6.92 Å². The van der Waals surface area contributed by atoms with E-state index in [4.69, 9.17) is 13.9 Å². The molecule has 1 heterocycles. The Morgan fingerprint density at radius 3 is 2.69 bits per heavy atom. The van der Waals surface area contributed by atoms with Gasteiger partial charge < -0.3 is 19.2 Å². The van der Waals surface area contributed by atoms with Gasteiger partial charge in [-0.05, 0) is 39.8 Å². The van der Waals surface area contributed by atoms with Crippen LogP contribution < -0.4 is 5.32 Å². The van der Waals surface area contributed by atoms with Crippen molar-refractivity contribution in [3.63, 3.8) is 0 Å². The molecule has 0 aliphatic rings. The van der Waals surface area contributed by atoms with Crippen molar-refractivity contribution >= 4 is 12.1 Å². The third kappa shape index (κ3) is 6.54. The second kappa shape index (κ2) is 8.46. The molecule has 0 atom stereocenters. The third-order valence-electron chi connectivity index (χ3n) is 3.09. The summed E-state index contributed by atoms with van der Waals surface area (Å²) in [5, 5.41) is 10.3. The first kappa shape index (κ1) is 19.4. The van der Waals surface area contributed by atoms with Gasteiger partial charge in [-0.1, -0.05) is 17.7 Å². The molecule has 2 aromatic rings. The molecule has 1 N–H and O–H groups in total. The zero-order valence-electron chi connectivity index (χ0n) is 15.4. The van der Waals surface area contributed by atoms with Gasteiger partial charge in [-0.2, -0.15) is 0 Å². The molecule has 0 saturated heterocycles. The van der Waals surface area contributed by atoms with E-state index in [1.165, 1.54) is 0 Å². The molecule has 8 heteroatoms. The Morgan fingerprint density at radius 2 is 2.00 bits per heavy atom. The molecule has 0 radical (unpaired) electrons. The molecule has 2 rings (SSSR count). The summed E-state index contributed by atoms with van der Waals surface area (Å²) in [6, 6.07) is 7.64. The van der Waals surface area contributed by atoms with Gasteiger partial charge in [-0.25, -0.2) is 4.79 Å². The van der Waals surface area contributed by atoms with Crippen molar-refractivity contribution in [1.29, 1.82) is 0 Å². The Kier molecular flexibility index (Phi) is 6.32. The van der Waals surface area contributed by atoms with E-state index in [-0.39, 0.29) is 25.5 Å². The summed E-state index contributed by atoms with van der Waals surface area (Å²) in [4.78, 5) is 23.2. The SMILES string of the molecule is Cc1cccc(-c2nnc(COC(=O)CCNC(=O)OC(C)(C)C)o2)c1. The summed E-state index contributed by atoms with van der Waals surface area (Å²) in [5.41, 5.74) is 1.29. The molecule has 0 aliphatic carbocycles. The molecule has 0 unspecified atom stereocenters. The van der Waals surface area contributed by atoms with Gasteiger partial charge in [0.15, 0.2) is 6.61 Å². The average molecular weight is 361 g/mol. The van der Waals surface area contributed by atoms with Crippen LogP contribution in [0.5, 0.6) is 0 Å². The van der Waals surface area contributed by atoms with E-state index in [1.54, 1.807) is 20.8 Å². The number of ether oxygens (including phenoxy) is 2. The number of aryl methyl sites for hydroxylation is 1. The maximum absolute atomic E-state index is 11.7. The molecular weight excluding hydrogens is 338 g/mol. The zero-order valence-corrected chi connectivity index (χ0v) is 15.4. The van der Waals surface area contributed by atoms with Gasteiger partial charge in [-0.15, -0.1) is 10.2 Å². The molecule has 1 aromatic carbocycles. The van der Waals surface area contributed by atoms with Crippen LogP contribution in [0.15, 0.2) is 28.7 Å². The molecule has 140 valence electrons.